The second-order valence-electron chi connectivity index (χ2n) is 3.53. The molecule has 16 heavy (non-hydrogen) atoms. The fourth-order valence-corrected chi connectivity index (χ4v) is 2.64. The molecular formula is C11H17BrN2OS. The molecule has 1 aromatic rings. The lowest BCUT2D eigenvalue weighted by atomic mass is 10.1. The smallest absolute Gasteiger partial charge is 0.273 e. The molecule has 5 heteroatoms. The van der Waals surface area contributed by atoms with Gasteiger partial charge in [0.05, 0.1) is 5.51 Å². The molecule has 90 valence electrons. The van der Waals surface area contributed by atoms with E-state index < -0.39 is 0 Å². The van der Waals surface area contributed by atoms with Crippen LogP contribution >= 0.6 is 27.3 Å². The Hall–Kier alpha value is -0.420. The summed E-state index contributed by atoms with van der Waals surface area (Å²) in [6.45, 7) is 4.97. The van der Waals surface area contributed by atoms with Crippen LogP contribution in [-0.4, -0.2) is 33.7 Å². The van der Waals surface area contributed by atoms with Crippen molar-refractivity contribution in [2.45, 2.75) is 32.7 Å². The molecule has 0 fully saturated rings. The summed E-state index contributed by atoms with van der Waals surface area (Å²) in [5.74, 6) is 0.0504. The monoisotopic (exact) mass is 304 g/mol. The standard InChI is InChI=1S/C11H17BrN2OS/c1-3-9(4-2)14(6-5-12)11(15)10-7-16-8-13-10/h7-9H,3-6H2,1-2H3. The van der Waals surface area contributed by atoms with Gasteiger partial charge >= 0.3 is 0 Å². The van der Waals surface area contributed by atoms with Crippen molar-refractivity contribution in [3.63, 3.8) is 0 Å². The number of nitrogens with zero attached hydrogens (tertiary/aromatic N) is 2. The van der Waals surface area contributed by atoms with Gasteiger partial charge in [0, 0.05) is 23.3 Å². The van der Waals surface area contributed by atoms with Crippen LogP contribution in [0.5, 0.6) is 0 Å². The van der Waals surface area contributed by atoms with Crippen LogP contribution in [0.1, 0.15) is 37.2 Å². The third-order valence-electron chi connectivity index (χ3n) is 2.62. The van der Waals surface area contributed by atoms with Gasteiger partial charge in [0.25, 0.3) is 5.91 Å². The normalized spacial score (nSPS) is 10.8. The Labute approximate surface area is 109 Å². The zero-order valence-electron chi connectivity index (χ0n) is 9.65. The van der Waals surface area contributed by atoms with Crippen LogP contribution in [0.2, 0.25) is 0 Å². The minimum atomic E-state index is 0.0504. The van der Waals surface area contributed by atoms with Crippen molar-refractivity contribution in [3.8, 4) is 0 Å². The van der Waals surface area contributed by atoms with Gasteiger partial charge in [0.1, 0.15) is 5.69 Å². The lowest BCUT2D eigenvalue weighted by Gasteiger charge is -2.29. The van der Waals surface area contributed by atoms with E-state index in [2.05, 4.69) is 34.8 Å². The predicted molar refractivity (Wildman–Crippen MR) is 71.3 cm³/mol. The van der Waals surface area contributed by atoms with Gasteiger partial charge in [-0.2, -0.15) is 0 Å². The summed E-state index contributed by atoms with van der Waals surface area (Å²) in [5, 5.41) is 2.62. The largest absolute Gasteiger partial charge is 0.333 e. The molecule has 0 atom stereocenters. The number of hydrogen-bond acceptors (Lipinski definition) is 3. The predicted octanol–water partition coefficient (Wildman–Crippen LogP) is 3.17. The average Bonchev–Trinajstić information content (AvgIpc) is 2.82. The van der Waals surface area contributed by atoms with Gasteiger partial charge in [-0.05, 0) is 12.8 Å². The molecule has 3 nitrogen and oxygen atoms in total. The fourth-order valence-electron chi connectivity index (χ4n) is 1.74. The van der Waals surface area contributed by atoms with Gasteiger partial charge in [-0.25, -0.2) is 4.98 Å². The average molecular weight is 305 g/mol. The number of halogens is 1. The van der Waals surface area contributed by atoms with Gasteiger partial charge in [0.15, 0.2) is 0 Å². The molecule has 0 N–H and O–H groups in total. The minimum Gasteiger partial charge on any atom is -0.333 e. The third-order valence-corrected chi connectivity index (χ3v) is 3.56. The third kappa shape index (κ3) is 3.28. The molecule has 0 aliphatic carbocycles. The number of carbonyl (C=O) groups excluding carboxylic acids is 1. The highest BCUT2D eigenvalue weighted by atomic mass is 79.9. The van der Waals surface area contributed by atoms with Crippen molar-refractivity contribution in [2.75, 3.05) is 11.9 Å². The van der Waals surface area contributed by atoms with Crippen LogP contribution in [0.3, 0.4) is 0 Å². The maximum Gasteiger partial charge on any atom is 0.273 e. The highest BCUT2D eigenvalue weighted by molar-refractivity contribution is 9.09. The Kier molecular flexibility index (Phi) is 5.98. The Balaban J connectivity index is 2.80. The van der Waals surface area contributed by atoms with E-state index >= 15 is 0 Å². The quantitative estimate of drug-likeness (QED) is 0.756. The summed E-state index contributed by atoms with van der Waals surface area (Å²) in [5.41, 5.74) is 2.27. The summed E-state index contributed by atoms with van der Waals surface area (Å²) >= 11 is 4.86. The number of rotatable bonds is 6. The first-order chi connectivity index (χ1) is 7.74. The van der Waals surface area contributed by atoms with E-state index in [4.69, 9.17) is 0 Å². The van der Waals surface area contributed by atoms with Gasteiger partial charge in [-0.15, -0.1) is 11.3 Å². The summed E-state index contributed by atoms with van der Waals surface area (Å²) in [6, 6.07) is 0.312. The lowest BCUT2D eigenvalue weighted by Crippen LogP contribution is -2.41. The summed E-state index contributed by atoms with van der Waals surface area (Å²) in [6.07, 6.45) is 1.97. The molecule has 0 saturated carbocycles. The van der Waals surface area contributed by atoms with Crippen LogP contribution in [0.25, 0.3) is 0 Å². The van der Waals surface area contributed by atoms with Crippen LogP contribution in [0.4, 0.5) is 0 Å². The molecule has 0 spiro atoms. The molecule has 0 bridgehead atoms. The molecular weight excluding hydrogens is 288 g/mol. The molecule has 1 aromatic heterocycles. The van der Waals surface area contributed by atoms with Gasteiger partial charge < -0.3 is 4.90 Å². The van der Waals surface area contributed by atoms with Crippen molar-refractivity contribution in [2.24, 2.45) is 0 Å². The van der Waals surface area contributed by atoms with Crippen molar-refractivity contribution in [1.82, 2.24) is 9.88 Å². The molecule has 0 aliphatic rings. The minimum absolute atomic E-state index is 0.0504. The van der Waals surface area contributed by atoms with Crippen LogP contribution in [0.15, 0.2) is 10.9 Å². The van der Waals surface area contributed by atoms with E-state index in [1.807, 2.05) is 10.3 Å². The number of aromatic nitrogens is 1. The van der Waals surface area contributed by atoms with Crippen LogP contribution < -0.4 is 0 Å². The van der Waals surface area contributed by atoms with Crippen molar-refractivity contribution >= 4 is 33.2 Å². The highest BCUT2D eigenvalue weighted by Gasteiger charge is 2.22. The SMILES string of the molecule is CCC(CC)N(CCBr)C(=O)c1cscn1. The van der Waals surface area contributed by atoms with Gasteiger partial charge in [-0.3, -0.25) is 4.79 Å². The Morgan fingerprint density at radius 2 is 2.25 bits per heavy atom. The van der Waals surface area contributed by atoms with Crippen molar-refractivity contribution in [3.05, 3.63) is 16.6 Å². The summed E-state index contributed by atoms with van der Waals surface area (Å²) in [4.78, 5) is 18.2. The van der Waals surface area contributed by atoms with Crippen LogP contribution in [-0.2, 0) is 0 Å². The second-order valence-corrected chi connectivity index (χ2v) is 5.04. The number of amides is 1. The zero-order valence-corrected chi connectivity index (χ0v) is 12.1. The van der Waals surface area contributed by atoms with E-state index in [-0.39, 0.29) is 5.91 Å². The second kappa shape index (κ2) is 7.01. The number of carbonyl (C=O) groups is 1. The van der Waals surface area contributed by atoms with Crippen molar-refractivity contribution < 1.29 is 4.79 Å². The molecule has 1 amide bonds. The van der Waals surface area contributed by atoms with Gasteiger partial charge in [-0.1, -0.05) is 29.8 Å². The Morgan fingerprint density at radius 3 is 2.69 bits per heavy atom. The maximum absolute atomic E-state index is 12.2. The first kappa shape index (κ1) is 13.6. The van der Waals surface area contributed by atoms with E-state index in [1.165, 1.54) is 11.3 Å². The first-order valence-electron chi connectivity index (χ1n) is 5.49. The molecule has 0 unspecified atom stereocenters. The molecule has 0 aliphatic heterocycles. The summed E-state index contributed by atoms with van der Waals surface area (Å²) in [7, 11) is 0. The zero-order chi connectivity index (χ0) is 12.0. The van der Waals surface area contributed by atoms with Crippen molar-refractivity contribution in [1.29, 1.82) is 0 Å². The highest BCUT2D eigenvalue weighted by Crippen LogP contribution is 2.14. The van der Waals surface area contributed by atoms with E-state index in [0.29, 0.717) is 11.7 Å². The summed E-state index contributed by atoms with van der Waals surface area (Å²) < 4.78 is 0. The number of alkyl halides is 1. The molecule has 1 heterocycles. The number of hydrogen-bond donors (Lipinski definition) is 0. The van der Waals surface area contributed by atoms with E-state index in [1.54, 1.807) is 5.51 Å². The molecule has 0 radical (unpaired) electrons. The fraction of sp³-hybridized carbons (Fsp3) is 0.636. The van der Waals surface area contributed by atoms with E-state index in [9.17, 15) is 4.79 Å². The van der Waals surface area contributed by atoms with Gasteiger partial charge in [0.2, 0.25) is 0 Å². The Morgan fingerprint density at radius 1 is 1.56 bits per heavy atom. The van der Waals surface area contributed by atoms with Crippen LogP contribution in [0, 0.1) is 0 Å². The molecule has 0 aromatic carbocycles. The topological polar surface area (TPSA) is 33.2 Å². The Bertz CT molecular complexity index is 312. The molecule has 0 saturated heterocycles. The van der Waals surface area contributed by atoms with E-state index in [0.717, 1.165) is 24.7 Å². The first-order valence-corrected chi connectivity index (χ1v) is 7.56. The lowest BCUT2D eigenvalue weighted by molar-refractivity contribution is 0.0677. The maximum atomic E-state index is 12.2. The number of thiazole rings is 1. The molecule has 1 rings (SSSR count).